The van der Waals surface area contributed by atoms with E-state index in [9.17, 15) is 19.1 Å². The minimum atomic E-state index is -1.76. The van der Waals surface area contributed by atoms with Crippen molar-refractivity contribution in [3.05, 3.63) is 34.1 Å². The molecule has 1 aromatic carbocycles. The molecule has 0 spiro atoms. The minimum absolute atomic E-state index is 0.0552. The minimum Gasteiger partial charge on any atom is -0.479 e. The molecular weight excluding hydrogens is 353 g/mol. The Labute approximate surface area is 128 Å². The number of amides is 1. The number of benzene rings is 1. The number of carboxylic acid groups (broad SMARTS) is 1. The van der Waals surface area contributed by atoms with Gasteiger partial charge in [0.05, 0.1) is 0 Å². The zero-order valence-corrected chi connectivity index (χ0v) is 12.7. The number of rotatable bonds is 5. The Morgan fingerprint density at radius 1 is 1.50 bits per heavy atom. The van der Waals surface area contributed by atoms with Gasteiger partial charge in [-0.1, -0.05) is 15.9 Å². The van der Waals surface area contributed by atoms with Gasteiger partial charge in [-0.05, 0) is 37.0 Å². The standard InChI is InChI=1S/C13H12BrClFNO3/c14-8-3-4-10(16)9(5-8)13(12(19)20,7-1-2-7)17-11(18)6-15/h3-5,7H,1-2,6H2,(H,17,18)(H,19,20). The van der Waals surface area contributed by atoms with E-state index in [0.717, 1.165) is 0 Å². The van der Waals surface area contributed by atoms with Gasteiger partial charge in [0.15, 0.2) is 5.54 Å². The molecule has 2 rings (SSSR count). The van der Waals surface area contributed by atoms with Crippen molar-refractivity contribution in [2.75, 3.05) is 5.88 Å². The van der Waals surface area contributed by atoms with E-state index in [1.165, 1.54) is 18.2 Å². The van der Waals surface area contributed by atoms with Gasteiger partial charge >= 0.3 is 5.97 Å². The summed E-state index contributed by atoms with van der Waals surface area (Å²) in [6.45, 7) is 0. The molecule has 0 heterocycles. The largest absolute Gasteiger partial charge is 0.479 e. The molecule has 0 saturated heterocycles. The third-order valence-electron chi connectivity index (χ3n) is 3.34. The molecule has 1 saturated carbocycles. The van der Waals surface area contributed by atoms with Gasteiger partial charge in [-0.3, -0.25) is 4.79 Å². The summed E-state index contributed by atoms with van der Waals surface area (Å²) in [5.41, 5.74) is -1.82. The molecule has 1 amide bonds. The fourth-order valence-electron chi connectivity index (χ4n) is 2.30. The molecular formula is C13H12BrClFNO3. The van der Waals surface area contributed by atoms with Crippen LogP contribution in [0.3, 0.4) is 0 Å². The van der Waals surface area contributed by atoms with Crippen LogP contribution in [0.2, 0.25) is 0 Å². The SMILES string of the molecule is O=C(CCl)NC(C(=O)O)(c1cc(Br)ccc1F)C1CC1. The Bertz CT molecular complexity index is 565. The van der Waals surface area contributed by atoms with Gasteiger partial charge in [0.1, 0.15) is 11.7 Å². The van der Waals surface area contributed by atoms with Crippen molar-refractivity contribution in [3.63, 3.8) is 0 Å². The number of carbonyl (C=O) groups excluding carboxylic acids is 1. The first-order chi connectivity index (χ1) is 9.41. The summed E-state index contributed by atoms with van der Waals surface area (Å²) < 4.78 is 14.6. The summed E-state index contributed by atoms with van der Waals surface area (Å²) in [6.07, 6.45) is 1.22. The molecule has 4 nitrogen and oxygen atoms in total. The predicted octanol–water partition coefficient (Wildman–Crippen LogP) is 2.63. The lowest BCUT2D eigenvalue weighted by Crippen LogP contribution is -2.54. The van der Waals surface area contributed by atoms with Crippen molar-refractivity contribution in [3.8, 4) is 0 Å². The lowest BCUT2D eigenvalue weighted by atomic mass is 9.84. The highest BCUT2D eigenvalue weighted by Crippen LogP contribution is 2.47. The van der Waals surface area contributed by atoms with Crippen molar-refractivity contribution < 1.29 is 19.1 Å². The Morgan fingerprint density at radius 3 is 2.65 bits per heavy atom. The van der Waals surface area contributed by atoms with Crippen LogP contribution >= 0.6 is 27.5 Å². The third-order valence-corrected chi connectivity index (χ3v) is 4.07. The molecule has 2 N–H and O–H groups in total. The molecule has 1 fully saturated rings. The first-order valence-electron chi connectivity index (χ1n) is 5.97. The number of aliphatic carboxylic acids is 1. The van der Waals surface area contributed by atoms with Crippen LogP contribution in [0.4, 0.5) is 4.39 Å². The molecule has 1 aromatic rings. The van der Waals surface area contributed by atoms with Crippen molar-refractivity contribution in [2.24, 2.45) is 5.92 Å². The average Bonchev–Trinajstić information content (AvgIpc) is 3.23. The van der Waals surface area contributed by atoms with Crippen LogP contribution in [-0.4, -0.2) is 22.9 Å². The summed E-state index contributed by atoms with van der Waals surface area (Å²) in [4.78, 5) is 23.4. The van der Waals surface area contributed by atoms with Crippen LogP contribution in [0.1, 0.15) is 18.4 Å². The molecule has 1 unspecified atom stereocenters. The molecule has 0 aromatic heterocycles. The number of halogens is 3. The zero-order chi connectivity index (χ0) is 14.9. The smallest absolute Gasteiger partial charge is 0.334 e. The number of carboxylic acids is 1. The second-order valence-corrected chi connectivity index (χ2v) is 5.88. The Kier molecular flexibility index (Phi) is 4.34. The van der Waals surface area contributed by atoms with Crippen LogP contribution in [-0.2, 0) is 15.1 Å². The molecule has 108 valence electrons. The lowest BCUT2D eigenvalue weighted by molar-refractivity contribution is -0.149. The van der Waals surface area contributed by atoms with E-state index in [0.29, 0.717) is 17.3 Å². The number of hydrogen-bond donors (Lipinski definition) is 2. The average molecular weight is 365 g/mol. The van der Waals surface area contributed by atoms with E-state index in [4.69, 9.17) is 11.6 Å². The molecule has 0 aliphatic heterocycles. The quantitative estimate of drug-likeness (QED) is 0.789. The van der Waals surface area contributed by atoms with Gasteiger partial charge in [-0.25, -0.2) is 9.18 Å². The predicted molar refractivity (Wildman–Crippen MR) is 75.0 cm³/mol. The van der Waals surface area contributed by atoms with Crippen LogP contribution in [0.25, 0.3) is 0 Å². The van der Waals surface area contributed by atoms with Crippen molar-refractivity contribution in [2.45, 2.75) is 18.4 Å². The molecule has 0 radical (unpaired) electrons. The second kappa shape index (κ2) is 5.69. The van der Waals surface area contributed by atoms with E-state index in [1.807, 2.05) is 0 Å². The summed E-state index contributed by atoms with van der Waals surface area (Å²) in [6, 6.07) is 4.03. The van der Waals surface area contributed by atoms with Gasteiger partial charge < -0.3 is 10.4 Å². The zero-order valence-electron chi connectivity index (χ0n) is 10.3. The normalized spacial score (nSPS) is 17.4. The summed E-state index contributed by atoms with van der Waals surface area (Å²) in [7, 11) is 0. The van der Waals surface area contributed by atoms with Gasteiger partial charge in [-0.2, -0.15) is 0 Å². The summed E-state index contributed by atoms with van der Waals surface area (Å²) in [5, 5.41) is 12.0. The Balaban J connectivity index is 2.58. The molecule has 20 heavy (non-hydrogen) atoms. The highest BCUT2D eigenvalue weighted by Gasteiger charge is 2.54. The van der Waals surface area contributed by atoms with E-state index in [2.05, 4.69) is 21.2 Å². The van der Waals surface area contributed by atoms with Crippen molar-refractivity contribution in [1.82, 2.24) is 5.32 Å². The number of carbonyl (C=O) groups is 2. The topological polar surface area (TPSA) is 66.4 Å². The maximum atomic E-state index is 14.1. The van der Waals surface area contributed by atoms with Gasteiger partial charge in [0.2, 0.25) is 5.91 Å². The molecule has 7 heteroatoms. The molecule has 1 aliphatic rings. The van der Waals surface area contributed by atoms with Gasteiger partial charge in [0, 0.05) is 10.0 Å². The summed E-state index contributed by atoms with van der Waals surface area (Å²) in [5.74, 6) is -3.30. The molecule has 0 bridgehead atoms. The van der Waals surface area contributed by atoms with Crippen LogP contribution in [0, 0.1) is 11.7 Å². The lowest BCUT2D eigenvalue weighted by Gasteiger charge is -2.31. The van der Waals surface area contributed by atoms with Crippen LogP contribution in [0.5, 0.6) is 0 Å². The van der Waals surface area contributed by atoms with E-state index in [-0.39, 0.29) is 17.4 Å². The number of nitrogens with one attached hydrogen (secondary N) is 1. The number of alkyl halides is 1. The highest BCUT2D eigenvalue weighted by molar-refractivity contribution is 9.10. The summed E-state index contributed by atoms with van der Waals surface area (Å²) >= 11 is 8.63. The van der Waals surface area contributed by atoms with Crippen LogP contribution < -0.4 is 5.32 Å². The highest BCUT2D eigenvalue weighted by atomic mass is 79.9. The van der Waals surface area contributed by atoms with Crippen molar-refractivity contribution >= 4 is 39.4 Å². The Hall–Kier alpha value is -1.14. The molecule has 1 aliphatic carbocycles. The van der Waals surface area contributed by atoms with Crippen molar-refractivity contribution in [1.29, 1.82) is 0 Å². The Morgan fingerprint density at radius 2 is 2.15 bits per heavy atom. The van der Waals surface area contributed by atoms with Crippen LogP contribution in [0.15, 0.2) is 22.7 Å². The van der Waals surface area contributed by atoms with E-state index in [1.54, 1.807) is 0 Å². The first-order valence-corrected chi connectivity index (χ1v) is 7.30. The second-order valence-electron chi connectivity index (χ2n) is 4.69. The van der Waals surface area contributed by atoms with E-state index < -0.39 is 23.2 Å². The van der Waals surface area contributed by atoms with Gasteiger partial charge in [-0.15, -0.1) is 11.6 Å². The van der Waals surface area contributed by atoms with E-state index >= 15 is 0 Å². The monoisotopic (exact) mass is 363 g/mol. The maximum absolute atomic E-state index is 14.1. The third kappa shape index (κ3) is 2.67. The maximum Gasteiger partial charge on any atom is 0.334 e. The fourth-order valence-corrected chi connectivity index (χ4v) is 2.73. The van der Waals surface area contributed by atoms with Gasteiger partial charge in [0.25, 0.3) is 0 Å². The number of hydrogen-bond acceptors (Lipinski definition) is 2. The fraction of sp³-hybridized carbons (Fsp3) is 0.385. The first kappa shape index (κ1) is 15.3. The molecule has 1 atom stereocenters.